The Morgan fingerprint density at radius 2 is 0.922 bits per heavy atom. The minimum Gasteiger partial charge on any atom is -0.454 e. The number of urea groups is 5. The van der Waals surface area contributed by atoms with E-state index in [0.717, 1.165) is 198 Å². The van der Waals surface area contributed by atoms with E-state index in [2.05, 4.69) is 245 Å². The number of aromatic amines is 1. The maximum atomic E-state index is 13.0. The number of benzene rings is 7. The summed E-state index contributed by atoms with van der Waals surface area (Å²) in [6, 6.07) is 66.6. The van der Waals surface area contributed by atoms with Crippen molar-refractivity contribution in [1.29, 1.82) is 0 Å². The average molecular weight is 1760 g/mol. The first-order chi connectivity index (χ1) is 62.9. The van der Waals surface area contributed by atoms with Crippen molar-refractivity contribution in [3.8, 4) is 11.5 Å². The Labute approximate surface area is 758 Å². The zero-order valence-electron chi connectivity index (χ0n) is 75.2. The van der Waals surface area contributed by atoms with Crippen LogP contribution in [-0.4, -0.2) is 224 Å². The van der Waals surface area contributed by atoms with Crippen LogP contribution >= 0.6 is 0 Å². The van der Waals surface area contributed by atoms with Crippen LogP contribution in [0.3, 0.4) is 0 Å². The number of fused-ring (bicyclic) bond motifs is 2. The summed E-state index contributed by atoms with van der Waals surface area (Å²) in [4.78, 5) is 84.1. The summed E-state index contributed by atoms with van der Waals surface area (Å²) in [5, 5.41) is 39.6. The van der Waals surface area contributed by atoms with Gasteiger partial charge < -0.3 is 66.4 Å². The predicted octanol–water partition coefficient (Wildman–Crippen LogP) is 14.8. The van der Waals surface area contributed by atoms with Crippen LogP contribution in [-0.2, 0) is 49.2 Å². The van der Waals surface area contributed by atoms with Gasteiger partial charge >= 0.3 is 30.2 Å². The molecule has 129 heavy (non-hydrogen) atoms. The maximum absolute atomic E-state index is 13.0. The van der Waals surface area contributed by atoms with Gasteiger partial charge in [-0.2, -0.15) is 10.1 Å². The zero-order chi connectivity index (χ0) is 89.5. The van der Waals surface area contributed by atoms with Gasteiger partial charge in [0.25, 0.3) is 0 Å². The van der Waals surface area contributed by atoms with E-state index < -0.39 is 0 Å². The van der Waals surface area contributed by atoms with E-state index in [-0.39, 0.29) is 79.0 Å². The monoisotopic (exact) mass is 1760 g/mol. The number of aryl methyl sites for hydroxylation is 2. The Morgan fingerprint density at radius 1 is 0.465 bits per heavy atom. The fraction of sp³-hybridized carbons (Fsp3) is 0.444. The van der Waals surface area contributed by atoms with E-state index in [0.29, 0.717) is 53.9 Å². The second kappa shape index (κ2) is 47.3. The number of hydrogen-bond acceptors (Lipinski definition) is 18. The Morgan fingerprint density at radius 3 is 1.41 bits per heavy atom. The number of rotatable bonds is 20. The van der Waals surface area contributed by atoms with Crippen molar-refractivity contribution in [3.05, 3.63) is 253 Å². The number of aromatic nitrogens is 6. The molecule has 0 radical (unpaired) electrons. The molecule has 6 saturated heterocycles. The molecule has 1 saturated carbocycles. The number of ether oxygens (including phenoxy) is 4. The van der Waals surface area contributed by atoms with Crippen LogP contribution in [0.25, 0.3) is 10.8 Å². The lowest BCUT2D eigenvalue weighted by Gasteiger charge is -2.41. The number of nitrogens with one attached hydrogen (secondary N) is 10. The summed E-state index contributed by atoms with van der Waals surface area (Å²) in [5.74, 6) is 2.95. The number of anilines is 4. The lowest BCUT2D eigenvalue weighted by Crippen LogP contribution is -2.51. The number of amides is 10. The molecule has 4 atom stereocenters. The first kappa shape index (κ1) is 93.1. The summed E-state index contributed by atoms with van der Waals surface area (Å²) >= 11 is 0. The number of likely N-dealkylation sites (tertiary alicyclic amines) is 5. The van der Waals surface area contributed by atoms with Crippen LogP contribution < -0.4 is 57.3 Å². The number of H-pyrrole nitrogens is 1. The van der Waals surface area contributed by atoms with Crippen molar-refractivity contribution >= 4 is 63.9 Å². The number of nitrogens with zero attached hydrogens (tertiary/aromatic N) is 11. The minimum atomic E-state index is -0.361. The highest BCUT2D eigenvalue weighted by atomic mass is 16.7. The summed E-state index contributed by atoms with van der Waals surface area (Å²) in [5.41, 5.74) is 8.91. The molecule has 30 heteroatoms. The van der Waals surface area contributed by atoms with Crippen LogP contribution in [0, 0.1) is 18.8 Å². The molecule has 4 unspecified atom stereocenters. The van der Waals surface area contributed by atoms with E-state index in [1.807, 2.05) is 73.6 Å². The molecule has 10 N–H and O–H groups in total. The maximum Gasteiger partial charge on any atom is 0.321 e. The van der Waals surface area contributed by atoms with Gasteiger partial charge in [0.15, 0.2) is 17.3 Å². The minimum absolute atomic E-state index is 0.0225. The lowest BCUT2D eigenvalue weighted by molar-refractivity contribution is -0.179. The second-order valence-electron chi connectivity index (χ2n) is 35.2. The molecule has 7 fully saturated rings. The third-order valence-electron chi connectivity index (χ3n) is 25.5. The summed E-state index contributed by atoms with van der Waals surface area (Å²) in [7, 11) is 3.71. The van der Waals surface area contributed by atoms with E-state index in [4.69, 9.17) is 18.9 Å². The standard InChI is InChI=1S/C24H28N4O.C21H31N3O3.C20H23N3O3.C17H24N6O.C17H23N5O/c1-18-16-28(17-19-7-4-3-5-8-19)14-12-23(18)27(2)24(29)26-22-10-6-9-20-15-25-13-11-21(20)22;25-20(22-18-6-10-21(11-7-18)26-14-15-27-21)23-19-8-12-24(13-9-19)16-17-4-2-1-3-5-17;24-20(22-17-6-7-18-19(12-17)26-14-25-18)21-16-8-10-23(11-9-16)13-15-4-2-1-3-5-15;1-13-18-16(21-22(13)2)20-17(24)19-15-8-10-23(11-9-15)12-14-6-4-3-5-7-14;1-13-11-22(12-14-5-3-2-4-6-14)8-7-16(13)21-17(23)20-15-9-18-19-10-15/h3-11,13,15,18,23H,12,14,16-17H2,1-2H3,(H,26,29);1-5,18-19H,6-16H2,(H2,22,23,25);1-7,12,16H,8-11,13-14H2,(H2,21,22,24);3-7,15H,8-12H2,1-2H3,(H2,19,20,21,24);2-6,9-10,13,16H,7-8,11-12H2,1H3,(H,18,19)(H2,20,21,23). The van der Waals surface area contributed by atoms with Gasteiger partial charge in [0, 0.05) is 202 Å². The highest BCUT2D eigenvalue weighted by molar-refractivity contribution is 6.01. The molecule has 10 aromatic rings. The summed E-state index contributed by atoms with van der Waals surface area (Å²) in [6.45, 7) is 22.8. The Kier molecular flexibility index (Phi) is 34.2. The number of hydrogen-bond donors (Lipinski definition) is 10. The molecule has 0 bridgehead atoms. The highest BCUT2D eigenvalue weighted by Gasteiger charge is 2.41. The fourth-order valence-electron chi connectivity index (χ4n) is 18.2. The zero-order valence-corrected chi connectivity index (χ0v) is 75.2. The van der Waals surface area contributed by atoms with Gasteiger partial charge in [0.2, 0.25) is 12.7 Å². The van der Waals surface area contributed by atoms with Crippen LogP contribution in [0.1, 0.15) is 125 Å². The number of pyridine rings is 1. The normalized spacial score (nSPS) is 19.8. The van der Waals surface area contributed by atoms with E-state index in [1.165, 1.54) is 27.8 Å². The third-order valence-corrected chi connectivity index (χ3v) is 25.5. The molecular weight excluding hydrogens is 1630 g/mol. The number of carbonyl (C=O) groups excluding carboxylic acids is 5. The van der Waals surface area contributed by atoms with Gasteiger partial charge in [-0.3, -0.25) is 44.6 Å². The SMILES string of the molecule is CC1CN(Cc2ccccc2)CCC1N(C)C(=O)Nc1cccc2cnccc12.CC1CN(Cc2ccccc2)CCC1NC(=O)Nc1cn[nH]c1.Cc1nc(NC(=O)NC2CCN(Cc3ccccc3)CC2)nn1C.O=C(NC1CCN(Cc2ccccc2)CC1)NC1CCC2(CC1)OCCO2.O=C(Nc1ccc2c(c1)OCO2)NC1CCN(Cc2ccccc2)CC1. The Bertz CT molecular complexity index is 5060. The molecule has 3 aromatic heterocycles. The Balaban J connectivity index is 0.000000131. The van der Waals surface area contributed by atoms with E-state index in [1.54, 1.807) is 42.5 Å². The molecule has 10 heterocycles. The van der Waals surface area contributed by atoms with Crippen LogP contribution in [0.4, 0.5) is 47.0 Å². The molecular formula is C99H129N21O9. The van der Waals surface area contributed by atoms with Crippen LogP contribution in [0.2, 0.25) is 0 Å². The molecule has 1 spiro atoms. The summed E-state index contributed by atoms with van der Waals surface area (Å²) < 4.78 is 23.8. The lowest BCUT2D eigenvalue weighted by atomic mass is 9.90. The van der Waals surface area contributed by atoms with Gasteiger partial charge in [0.1, 0.15) is 5.82 Å². The van der Waals surface area contributed by atoms with Crippen molar-refractivity contribution in [3.63, 3.8) is 0 Å². The average Bonchev–Trinajstić information content (AvgIpc) is 1.17. The molecule has 30 nitrogen and oxygen atoms in total. The summed E-state index contributed by atoms with van der Waals surface area (Å²) in [6.07, 6.45) is 18.2. The van der Waals surface area contributed by atoms with Crippen LogP contribution in [0.15, 0.2) is 219 Å². The van der Waals surface area contributed by atoms with Gasteiger partial charge in [-0.15, -0.1) is 5.10 Å². The second-order valence-corrected chi connectivity index (χ2v) is 35.2. The van der Waals surface area contributed by atoms with Crippen molar-refractivity contribution in [2.24, 2.45) is 18.9 Å². The first-order valence-corrected chi connectivity index (χ1v) is 45.9. The molecule has 18 rings (SSSR count). The van der Waals surface area contributed by atoms with Crippen molar-refractivity contribution < 1.29 is 42.9 Å². The molecule has 10 amide bonds. The van der Waals surface area contributed by atoms with Gasteiger partial charge in [-0.1, -0.05) is 178 Å². The topological polar surface area (TPSA) is 322 Å². The third kappa shape index (κ3) is 29.0. The van der Waals surface area contributed by atoms with E-state index in [9.17, 15) is 24.0 Å². The quantitative estimate of drug-likeness (QED) is 0.0339. The van der Waals surface area contributed by atoms with Crippen LogP contribution in [0.5, 0.6) is 11.5 Å². The van der Waals surface area contributed by atoms with Crippen molar-refractivity contribution in [1.82, 2.24) is 85.9 Å². The van der Waals surface area contributed by atoms with Gasteiger partial charge in [-0.05, 0) is 135 Å². The molecule has 1 aliphatic carbocycles. The van der Waals surface area contributed by atoms with Crippen molar-refractivity contribution in [2.45, 2.75) is 173 Å². The smallest absolute Gasteiger partial charge is 0.321 e. The first-order valence-electron chi connectivity index (χ1n) is 45.9. The fourth-order valence-corrected chi connectivity index (χ4v) is 18.2. The highest BCUT2D eigenvalue weighted by Crippen LogP contribution is 2.37. The largest absolute Gasteiger partial charge is 0.454 e. The number of piperidine rings is 5. The molecule has 8 aliphatic rings. The predicted molar refractivity (Wildman–Crippen MR) is 503 cm³/mol. The van der Waals surface area contributed by atoms with Gasteiger partial charge in [-0.25, -0.2) is 24.0 Å². The van der Waals surface area contributed by atoms with Crippen molar-refractivity contribution in [2.75, 3.05) is 114 Å². The Hall–Kier alpha value is -12.0. The molecule has 7 aliphatic heterocycles. The van der Waals surface area contributed by atoms with E-state index >= 15 is 0 Å². The number of carbonyl (C=O) groups is 5. The van der Waals surface area contributed by atoms with Gasteiger partial charge in [0.05, 0.1) is 30.8 Å². The molecule has 684 valence electrons. The molecule has 7 aromatic carbocycles.